The molecule has 0 saturated heterocycles. The van der Waals surface area contributed by atoms with E-state index in [0.29, 0.717) is 24.3 Å². The summed E-state index contributed by atoms with van der Waals surface area (Å²) in [5.74, 6) is 0.641. The van der Waals surface area contributed by atoms with Gasteiger partial charge in [0.1, 0.15) is 0 Å². The molecule has 0 radical (unpaired) electrons. The standard InChI is InChI=1S/C28H46O4/c1-23(2)17-11-7-5-6-9-15-21-31-27(29)25-19-13-14-20-26(25)28(30)32-22-16-10-8-12-18-24(3)4/h13-14,19-20,23-24H,5-12,15-18,21-22H2,1-4H3. The molecule has 0 heterocycles. The van der Waals surface area contributed by atoms with Crippen molar-refractivity contribution in [3.05, 3.63) is 35.4 Å². The highest BCUT2D eigenvalue weighted by Gasteiger charge is 2.18. The van der Waals surface area contributed by atoms with E-state index in [1.807, 2.05) is 0 Å². The number of benzene rings is 1. The quantitative estimate of drug-likeness (QED) is 0.169. The van der Waals surface area contributed by atoms with Crippen LogP contribution in [0, 0.1) is 11.8 Å². The van der Waals surface area contributed by atoms with Crippen molar-refractivity contribution in [2.24, 2.45) is 11.8 Å². The average Bonchev–Trinajstić information content (AvgIpc) is 2.76. The van der Waals surface area contributed by atoms with Gasteiger partial charge in [0.15, 0.2) is 0 Å². The highest BCUT2D eigenvalue weighted by Crippen LogP contribution is 2.15. The zero-order valence-electron chi connectivity index (χ0n) is 21.0. The minimum absolute atomic E-state index is 0.294. The minimum Gasteiger partial charge on any atom is -0.462 e. The number of esters is 2. The van der Waals surface area contributed by atoms with Crippen LogP contribution in [0.2, 0.25) is 0 Å². The lowest BCUT2D eigenvalue weighted by atomic mass is 10.0. The van der Waals surface area contributed by atoms with Crippen molar-refractivity contribution in [3.63, 3.8) is 0 Å². The van der Waals surface area contributed by atoms with Crippen molar-refractivity contribution in [1.29, 1.82) is 0 Å². The molecule has 0 unspecified atom stereocenters. The van der Waals surface area contributed by atoms with E-state index in [1.54, 1.807) is 24.3 Å². The van der Waals surface area contributed by atoms with Crippen LogP contribution in [0.4, 0.5) is 0 Å². The van der Waals surface area contributed by atoms with Crippen molar-refractivity contribution in [2.75, 3.05) is 13.2 Å². The smallest absolute Gasteiger partial charge is 0.339 e. The first-order chi connectivity index (χ1) is 15.4. The van der Waals surface area contributed by atoms with Crippen LogP contribution in [0.5, 0.6) is 0 Å². The number of carbonyl (C=O) groups excluding carboxylic acids is 2. The first-order valence-corrected chi connectivity index (χ1v) is 12.8. The number of rotatable bonds is 18. The van der Waals surface area contributed by atoms with Crippen molar-refractivity contribution in [3.8, 4) is 0 Å². The van der Waals surface area contributed by atoms with Gasteiger partial charge < -0.3 is 9.47 Å². The van der Waals surface area contributed by atoms with Crippen molar-refractivity contribution in [2.45, 2.75) is 105 Å². The molecule has 1 aromatic rings. The summed E-state index contributed by atoms with van der Waals surface area (Å²) >= 11 is 0. The molecule has 1 rings (SSSR count). The van der Waals surface area contributed by atoms with Gasteiger partial charge >= 0.3 is 11.9 Å². The van der Waals surface area contributed by atoms with Crippen LogP contribution in [-0.2, 0) is 9.47 Å². The third-order valence-electron chi connectivity index (χ3n) is 5.68. The summed E-state index contributed by atoms with van der Waals surface area (Å²) in [6.45, 7) is 9.79. The van der Waals surface area contributed by atoms with E-state index in [2.05, 4.69) is 27.7 Å². The predicted molar refractivity (Wildman–Crippen MR) is 132 cm³/mol. The Kier molecular flexibility index (Phi) is 15.6. The zero-order valence-corrected chi connectivity index (χ0v) is 21.0. The summed E-state index contributed by atoms with van der Waals surface area (Å²) in [5.41, 5.74) is 0.588. The summed E-state index contributed by atoms with van der Waals surface area (Å²) < 4.78 is 10.8. The first-order valence-electron chi connectivity index (χ1n) is 12.8. The fourth-order valence-electron chi connectivity index (χ4n) is 3.69. The van der Waals surface area contributed by atoms with Crippen LogP contribution in [0.3, 0.4) is 0 Å². The van der Waals surface area contributed by atoms with Gasteiger partial charge in [-0.3, -0.25) is 0 Å². The maximum Gasteiger partial charge on any atom is 0.339 e. The maximum absolute atomic E-state index is 12.5. The average molecular weight is 447 g/mol. The van der Waals surface area contributed by atoms with Gasteiger partial charge in [0.05, 0.1) is 24.3 Å². The Morgan fingerprint density at radius 3 is 1.31 bits per heavy atom. The van der Waals surface area contributed by atoms with E-state index in [4.69, 9.17) is 9.47 Å². The monoisotopic (exact) mass is 446 g/mol. The number of unbranched alkanes of at least 4 members (excludes halogenated alkanes) is 8. The summed E-state index contributed by atoms with van der Waals surface area (Å²) in [5, 5.41) is 0. The summed E-state index contributed by atoms with van der Waals surface area (Å²) in [6.07, 6.45) is 13.8. The summed E-state index contributed by atoms with van der Waals surface area (Å²) in [7, 11) is 0. The third-order valence-corrected chi connectivity index (χ3v) is 5.68. The first kappa shape index (κ1) is 28.2. The molecule has 0 saturated carbocycles. The van der Waals surface area contributed by atoms with Gasteiger partial charge in [-0.25, -0.2) is 9.59 Å². The molecule has 0 amide bonds. The predicted octanol–water partition coefficient (Wildman–Crippen LogP) is 7.99. The Bertz CT molecular complexity index is 636. The lowest BCUT2D eigenvalue weighted by Crippen LogP contribution is -2.15. The summed E-state index contributed by atoms with van der Waals surface area (Å²) in [6, 6.07) is 6.77. The Hall–Kier alpha value is -1.84. The van der Waals surface area contributed by atoms with Crippen LogP contribution in [0.25, 0.3) is 0 Å². The second-order valence-corrected chi connectivity index (χ2v) is 9.72. The van der Waals surface area contributed by atoms with E-state index in [1.165, 1.54) is 44.9 Å². The molecule has 0 aliphatic carbocycles. The Morgan fingerprint density at radius 2 is 0.938 bits per heavy atom. The molecule has 0 aliphatic rings. The summed E-state index contributed by atoms with van der Waals surface area (Å²) in [4.78, 5) is 24.9. The fraction of sp³-hybridized carbons (Fsp3) is 0.714. The van der Waals surface area contributed by atoms with E-state index >= 15 is 0 Å². The Balaban J connectivity index is 2.26. The second-order valence-electron chi connectivity index (χ2n) is 9.72. The Labute approximate surface area is 196 Å². The number of hydrogen-bond acceptors (Lipinski definition) is 4. The molecular formula is C28H46O4. The van der Waals surface area contributed by atoms with Crippen molar-refractivity contribution >= 4 is 11.9 Å². The van der Waals surface area contributed by atoms with E-state index in [9.17, 15) is 9.59 Å². The van der Waals surface area contributed by atoms with E-state index in [0.717, 1.165) is 43.9 Å². The number of ether oxygens (including phenoxy) is 2. The number of hydrogen-bond donors (Lipinski definition) is 0. The van der Waals surface area contributed by atoms with Crippen LogP contribution in [0.15, 0.2) is 24.3 Å². The van der Waals surface area contributed by atoms with Gasteiger partial charge in [-0.2, -0.15) is 0 Å². The molecule has 4 heteroatoms. The lowest BCUT2D eigenvalue weighted by Gasteiger charge is -2.10. The molecule has 4 nitrogen and oxygen atoms in total. The molecule has 0 atom stereocenters. The topological polar surface area (TPSA) is 52.6 Å². The van der Waals surface area contributed by atoms with Crippen molar-refractivity contribution < 1.29 is 19.1 Å². The number of carbonyl (C=O) groups is 2. The van der Waals surface area contributed by atoms with Gasteiger partial charge in [0.25, 0.3) is 0 Å². The highest BCUT2D eigenvalue weighted by molar-refractivity contribution is 6.03. The van der Waals surface area contributed by atoms with E-state index in [-0.39, 0.29) is 0 Å². The Morgan fingerprint density at radius 1 is 0.594 bits per heavy atom. The van der Waals surface area contributed by atoms with Gasteiger partial charge in [0, 0.05) is 0 Å². The minimum atomic E-state index is -0.443. The molecule has 1 aromatic carbocycles. The van der Waals surface area contributed by atoms with Crippen LogP contribution in [0.1, 0.15) is 125 Å². The molecule has 0 fully saturated rings. The third kappa shape index (κ3) is 13.5. The van der Waals surface area contributed by atoms with Crippen LogP contribution < -0.4 is 0 Å². The molecule has 0 aromatic heterocycles. The van der Waals surface area contributed by atoms with Gasteiger partial charge in [-0.05, 0) is 36.8 Å². The molecule has 0 N–H and O–H groups in total. The largest absolute Gasteiger partial charge is 0.462 e. The SMILES string of the molecule is CC(C)CCCCCCCCOC(=O)c1ccccc1C(=O)OCCCCCCC(C)C. The fourth-order valence-corrected chi connectivity index (χ4v) is 3.69. The molecular weight excluding hydrogens is 400 g/mol. The zero-order chi connectivity index (χ0) is 23.6. The second kappa shape index (κ2) is 17.7. The molecule has 32 heavy (non-hydrogen) atoms. The van der Waals surface area contributed by atoms with Crippen LogP contribution >= 0.6 is 0 Å². The molecule has 182 valence electrons. The van der Waals surface area contributed by atoms with Gasteiger partial charge in [-0.1, -0.05) is 104 Å². The maximum atomic E-state index is 12.5. The van der Waals surface area contributed by atoms with Crippen molar-refractivity contribution in [1.82, 2.24) is 0 Å². The van der Waals surface area contributed by atoms with Gasteiger partial charge in [0.2, 0.25) is 0 Å². The highest BCUT2D eigenvalue weighted by atomic mass is 16.5. The molecule has 0 bridgehead atoms. The van der Waals surface area contributed by atoms with Gasteiger partial charge in [-0.15, -0.1) is 0 Å². The molecule has 0 aliphatic heterocycles. The van der Waals surface area contributed by atoms with Crippen LogP contribution in [-0.4, -0.2) is 25.2 Å². The van der Waals surface area contributed by atoms with E-state index < -0.39 is 11.9 Å². The lowest BCUT2D eigenvalue weighted by molar-refractivity contribution is 0.0450. The molecule has 0 spiro atoms. The normalized spacial score (nSPS) is 11.2.